The highest BCUT2D eigenvalue weighted by Crippen LogP contribution is 2.29. The summed E-state index contributed by atoms with van der Waals surface area (Å²) in [6.07, 6.45) is 8.86. The normalized spacial score (nSPS) is 25.3. The fourth-order valence-electron chi connectivity index (χ4n) is 2.92. The van der Waals surface area contributed by atoms with Crippen molar-refractivity contribution in [2.75, 3.05) is 0 Å². The van der Waals surface area contributed by atoms with Crippen molar-refractivity contribution in [1.29, 1.82) is 0 Å². The fourth-order valence-corrected chi connectivity index (χ4v) is 3.65. The van der Waals surface area contributed by atoms with Gasteiger partial charge in [0, 0.05) is 23.7 Å². The number of nitrogens with zero attached hydrogens (tertiary/aromatic N) is 1. The van der Waals surface area contributed by atoms with E-state index in [0.717, 1.165) is 18.4 Å². The number of aryl methyl sites for hydroxylation is 1. The highest BCUT2D eigenvalue weighted by molar-refractivity contribution is 7.11. The van der Waals surface area contributed by atoms with Gasteiger partial charge in [-0.3, -0.25) is 0 Å². The average molecular weight is 266 g/mol. The Kier molecular flexibility index (Phi) is 5.19. The van der Waals surface area contributed by atoms with E-state index in [1.807, 2.05) is 17.5 Å². The van der Waals surface area contributed by atoms with Gasteiger partial charge in [-0.05, 0) is 38.0 Å². The van der Waals surface area contributed by atoms with Crippen LogP contribution in [0.15, 0.2) is 6.20 Å². The summed E-state index contributed by atoms with van der Waals surface area (Å²) in [5, 5.41) is 4.93. The van der Waals surface area contributed by atoms with Gasteiger partial charge in [0.1, 0.15) is 5.01 Å². The molecule has 1 aliphatic rings. The topological polar surface area (TPSA) is 24.9 Å². The SMILES string of the molecule is Cc1cnc(CNC2CCCC(C(C)C)CC2)s1. The van der Waals surface area contributed by atoms with Crippen molar-refractivity contribution in [3.63, 3.8) is 0 Å². The predicted molar refractivity (Wildman–Crippen MR) is 78.9 cm³/mol. The van der Waals surface area contributed by atoms with Crippen LogP contribution in [-0.4, -0.2) is 11.0 Å². The summed E-state index contributed by atoms with van der Waals surface area (Å²) in [6, 6.07) is 0.706. The van der Waals surface area contributed by atoms with Crippen molar-refractivity contribution in [3.05, 3.63) is 16.1 Å². The molecule has 0 aliphatic heterocycles. The highest BCUT2D eigenvalue weighted by Gasteiger charge is 2.20. The fraction of sp³-hybridized carbons (Fsp3) is 0.800. The number of hydrogen-bond acceptors (Lipinski definition) is 3. The minimum atomic E-state index is 0.706. The molecule has 0 amide bonds. The third-order valence-corrected chi connectivity index (χ3v) is 5.08. The van der Waals surface area contributed by atoms with E-state index >= 15 is 0 Å². The van der Waals surface area contributed by atoms with E-state index in [-0.39, 0.29) is 0 Å². The summed E-state index contributed by atoms with van der Waals surface area (Å²) in [5.41, 5.74) is 0. The minimum Gasteiger partial charge on any atom is -0.308 e. The Labute approximate surface area is 115 Å². The maximum Gasteiger partial charge on any atom is 0.107 e. The zero-order valence-corrected chi connectivity index (χ0v) is 12.7. The van der Waals surface area contributed by atoms with Gasteiger partial charge < -0.3 is 5.32 Å². The molecule has 3 heteroatoms. The molecule has 1 saturated carbocycles. The summed E-state index contributed by atoms with van der Waals surface area (Å²) >= 11 is 1.81. The molecule has 2 atom stereocenters. The first-order chi connectivity index (χ1) is 8.65. The van der Waals surface area contributed by atoms with Gasteiger partial charge in [0.2, 0.25) is 0 Å². The molecule has 102 valence electrons. The first-order valence-corrected chi connectivity index (χ1v) is 8.11. The van der Waals surface area contributed by atoms with Gasteiger partial charge in [0.05, 0.1) is 0 Å². The van der Waals surface area contributed by atoms with Gasteiger partial charge in [-0.25, -0.2) is 4.98 Å². The lowest BCUT2D eigenvalue weighted by Gasteiger charge is -2.18. The molecule has 0 bridgehead atoms. The van der Waals surface area contributed by atoms with Crippen LogP contribution in [0, 0.1) is 18.8 Å². The van der Waals surface area contributed by atoms with Crippen LogP contribution in [0.2, 0.25) is 0 Å². The lowest BCUT2D eigenvalue weighted by Crippen LogP contribution is -2.28. The lowest BCUT2D eigenvalue weighted by molar-refractivity contribution is 0.337. The summed E-state index contributed by atoms with van der Waals surface area (Å²) in [5.74, 6) is 1.80. The molecule has 1 heterocycles. The number of hydrogen-bond donors (Lipinski definition) is 1. The molecule has 0 spiro atoms. The lowest BCUT2D eigenvalue weighted by atomic mass is 9.89. The standard InChI is InChI=1S/C15H26N2S/c1-11(2)13-5-4-6-14(8-7-13)16-10-15-17-9-12(3)18-15/h9,11,13-14,16H,4-8,10H2,1-3H3. The Morgan fingerprint density at radius 3 is 2.83 bits per heavy atom. The zero-order chi connectivity index (χ0) is 13.0. The van der Waals surface area contributed by atoms with E-state index in [2.05, 4.69) is 31.1 Å². The van der Waals surface area contributed by atoms with Crippen molar-refractivity contribution in [1.82, 2.24) is 10.3 Å². The maximum atomic E-state index is 4.42. The van der Waals surface area contributed by atoms with Gasteiger partial charge in [-0.15, -0.1) is 11.3 Å². The molecule has 1 aromatic heterocycles. The second-order valence-electron chi connectivity index (χ2n) is 5.95. The minimum absolute atomic E-state index is 0.706. The third-order valence-electron chi connectivity index (χ3n) is 4.17. The second-order valence-corrected chi connectivity index (χ2v) is 7.27. The maximum absolute atomic E-state index is 4.42. The molecule has 2 nitrogen and oxygen atoms in total. The van der Waals surface area contributed by atoms with Crippen LogP contribution in [0.5, 0.6) is 0 Å². The van der Waals surface area contributed by atoms with Crippen LogP contribution in [0.3, 0.4) is 0 Å². The van der Waals surface area contributed by atoms with Gasteiger partial charge in [0.15, 0.2) is 0 Å². The molecule has 1 N–H and O–H groups in total. The first kappa shape index (κ1) is 14.0. The molecule has 0 aromatic carbocycles. The second kappa shape index (κ2) is 6.67. The Balaban J connectivity index is 1.77. The van der Waals surface area contributed by atoms with Crippen molar-refractivity contribution in [3.8, 4) is 0 Å². The molecule has 0 radical (unpaired) electrons. The Hall–Kier alpha value is -0.410. The van der Waals surface area contributed by atoms with Crippen molar-refractivity contribution in [2.45, 2.75) is 65.5 Å². The van der Waals surface area contributed by atoms with Crippen molar-refractivity contribution < 1.29 is 0 Å². The number of rotatable bonds is 4. The molecular formula is C15H26N2S. The molecular weight excluding hydrogens is 240 g/mol. The van der Waals surface area contributed by atoms with E-state index in [9.17, 15) is 0 Å². The van der Waals surface area contributed by atoms with Gasteiger partial charge in [0.25, 0.3) is 0 Å². The van der Waals surface area contributed by atoms with Crippen molar-refractivity contribution in [2.24, 2.45) is 11.8 Å². The summed E-state index contributed by atoms with van der Waals surface area (Å²) in [4.78, 5) is 5.74. The molecule has 0 saturated heterocycles. The quantitative estimate of drug-likeness (QED) is 0.828. The average Bonchev–Trinajstić information content (AvgIpc) is 2.62. The van der Waals surface area contributed by atoms with E-state index in [0.29, 0.717) is 6.04 Å². The Bertz CT molecular complexity index is 359. The summed E-state index contributed by atoms with van der Waals surface area (Å²) < 4.78 is 0. The Morgan fingerprint density at radius 1 is 1.33 bits per heavy atom. The summed E-state index contributed by atoms with van der Waals surface area (Å²) in [6.45, 7) is 7.82. The molecule has 2 rings (SSSR count). The molecule has 2 unspecified atom stereocenters. The number of nitrogens with one attached hydrogen (secondary N) is 1. The van der Waals surface area contributed by atoms with Crippen LogP contribution in [-0.2, 0) is 6.54 Å². The van der Waals surface area contributed by atoms with E-state index in [4.69, 9.17) is 0 Å². The van der Waals surface area contributed by atoms with Crippen LogP contribution in [0.1, 0.15) is 55.8 Å². The highest BCUT2D eigenvalue weighted by atomic mass is 32.1. The van der Waals surface area contributed by atoms with Gasteiger partial charge >= 0.3 is 0 Å². The predicted octanol–water partition coefficient (Wildman–Crippen LogP) is 4.15. The first-order valence-electron chi connectivity index (χ1n) is 7.30. The van der Waals surface area contributed by atoms with Gasteiger partial charge in [-0.2, -0.15) is 0 Å². The molecule has 1 fully saturated rings. The van der Waals surface area contributed by atoms with Crippen LogP contribution < -0.4 is 5.32 Å². The molecule has 1 aromatic rings. The van der Waals surface area contributed by atoms with E-state index in [1.165, 1.54) is 42.0 Å². The third kappa shape index (κ3) is 4.06. The van der Waals surface area contributed by atoms with E-state index in [1.54, 1.807) is 0 Å². The largest absolute Gasteiger partial charge is 0.308 e. The van der Waals surface area contributed by atoms with Crippen LogP contribution in [0.25, 0.3) is 0 Å². The smallest absolute Gasteiger partial charge is 0.107 e. The monoisotopic (exact) mass is 266 g/mol. The van der Waals surface area contributed by atoms with Crippen LogP contribution in [0.4, 0.5) is 0 Å². The molecule has 18 heavy (non-hydrogen) atoms. The zero-order valence-electron chi connectivity index (χ0n) is 11.9. The van der Waals surface area contributed by atoms with E-state index < -0.39 is 0 Å². The summed E-state index contributed by atoms with van der Waals surface area (Å²) in [7, 11) is 0. The Morgan fingerprint density at radius 2 is 2.17 bits per heavy atom. The molecule has 1 aliphatic carbocycles. The number of aromatic nitrogens is 1. The number of thiazole rings is 1. The van der Waals surface area contributed by atoms with Crippen LogP contribution >= 0.6 is 11.3 Å². The van der Waals surface area contributed by atoms with Crippen molar-refractivity contribution >= 4 is 11.3 Å². The van der Waals surface area contributed by atoms with Gasteiger partial charge in [-0.1, -0.05) is 26.7 Å².